The maximum atomic E-state index is 12.6. The van der Waals surface area contributed by atoms with Crippen molar-refractivity contribution in [1.82, 2.24) is 14.8 Å². The molecule has 0 atom stereocenters. The molecule has 0 saturated heterocycles. The van der Waals surface area contributed by atoms with Crippen LogP contribution < -0.4 is 0 Å². The number of aromatic nitrogens is 1. The van der Waals surface area contributed by atoms with Gasteiger partial charge in [0.25, 0.3) is 5.91 Å². The Balaban J connectivity index is 1.83. The molecule has 2 aromatic heterocycles. The molecule has 1 aliphatic heterocycles. The first-order valence-electron chi connectivity index (χ1n) is 7.49. The van der Waals surface area contributed by atoms with Crippen LogP contribution in [-0.4, -0.2) is 41.3 Å². The van der Waals surface area contributed by atoms with Gasteiger partial charge in [-0.15, -0.1) is 0 Å². The number of furan rings is 1. The number of amides is 1. The summed E-state index contributed by atoms with van der Waals surface area (Å²) in [5.41, 5.74) is 4.41. The fourth-order valence-corrected chi connectivity index (χ4v) is 3.00. The average molecular weight is 299 g/mol. The first-order valence-corrected chi connectivity index (χ1v) is 7.49. The lowest BCUT2D eigenvalue weighted by Crippen LogP contribution is -2.36. The van der Waals surface area contributed by atoms with Gasteiger partial charge in [-0.2, -0.15) is 0 Å². The van der Waals surface area contributed by atoms with E-state index in [1.807, 2.05) is 24.2 Å². The molecular formula is C17H21N3O2. The zero-order valence-corrected chi connectivity index (χ0v) is 13.3. The van der Waals surface area contributed by atoms with Crippen LogP contribution in [0.5, 0.6) is 0 Å². The van der Waals surface area contributed by atoms with Crippen molar-refractivity contribution in [2.75, 3.05) is 20.6 Å². The van der Waals surface area contributed by atoms with Gasteiger partial charge in [0.1, 0.15) is 5.76 Å². The van der Waals surface area contributed by atoms with Crippen LogP contribution in [0.15, 0.2) is 29.1 Å². The molecule has 116 valence electrons. The minimum absolute atomic E-state index is 0.0370. The fraction of sp³-hybridized carbons (Fsp3) is 0.412. The molecule has 0 bridgehead atoms. The number of carbonyl (C=O) groups excluding carboxylic acids is 1. The van der Waals surface area contributed by atoms with Gasteiger partial charge in [0.05, 0.1) is 11.8 Å². The largest absolute Gasteiger partial charge is 0.469 e. The molecule has 5 heteroatoms. The van der Waals surface area contributed by atoms with Crippen molar-refractivity contribution in [3.05, 3.63) is 52.7 Å². The van der Waals surface area contributed by atoms with Crippen LogP contribution in [0.2, 0.25) is 0 Å². The molecule has 0 N–H and O–H groups in total. The Bertz CT molecular complexity index is 691. The minimum atomic E-state index is 0.0370. The van der Waals surface area contributed by atoms with Crippen molar-refractivity contribution >= 4 is 5.91 Å². The Kier molecular flexibility index (Phi) is 3.98. The smallest absolute Gasteiger partial charge is 0.257 e. The highest BCUT2D eigenvalue weighted by molar-refractivity contribution is 5.95. The van der Waals surface area contributed by atoms with E-state index in [0.29, 0.717) is 17.9 Å². The Morgan fingerprint density at radius 3 is 2.91 bits per heavy atom. The SMILES string of the molecule is Cc1occc1C(=O)N1CCc2c(CN(C)C)cncc2C1. The molecule has 0 aliphatic carbocycles. The summed E-state index contributed by atoms with van der Waals surface area (Å²) >= 11 is 0. The van der Waals surface area contributed by atoms with Crippen molar-refractivity contribution in [2.24, 2.45) is 0 Å². The van der Waals surface area contributed by atoms with E-state index in [0.717, 1.165) is 25.1 Å². The van der Waals surface area contributed by atoms with Gasteiger partial charge in [-0.25, -0.2) is 0 Å². The van der Waals surface area contributed by atoms with Crippen molar-refractivity contribution < 1.29 is 9.21 Å². The summed E-state index contributed by atoms with van der Waals surface area (Å²) < 4.78 is 5.24. The summed E-state index contributed by atoms with van der Waals surface area (Å²) in [7, 11) is 4.11. The number of nitrogens with zero attached hydrogens (tertiary/aromatic N) is 3. The zero-order valence-electron chi connectivity index (χ0n) is 13.3. The number of pyridine rings is 1. The second-order valence-electron chi connectivity index (χ2n) is 6.04. The third-order valence-electron chi connectivity index (χ3n) is 4.09. The molecule has 5 nitrogen and oxygen atoms in total. The highest BCUT2D eigenvalue weighted by Gasteiger charge is 2.25. The van der Waals surface area contributed by atoms with Gasteiger partial charge in [0.15, 0.2) is 0 Å². The third-order valence-corrected chi connectivity index (χ3v) is 4.09. The normalized spacial score (nSPS) is 14.3. The van der Waals surface area contributed by atoms with Crippen LogP contribution >= 0.6 is 0 Å². The van der Waals surface area contributed by atoms with E-state index in [-0.39, 0.29) is 5.91 Å². The predicted molar refractivity (Wildman–Crippen MR) is 83.5 cm³/mol. The zero-order chi connectivity index (χ0) is 15.7. The molecule has 2 aromatic rings. The van der Waals surface area contributed by atoms with Crippen molar-refractivity contribution in [1.29, 1.82) is 0 Å². The second kappa shape index (κ2) is 5.93. The van der Waals surface area contributed by atoms with Crippen LogP contribution in [0, 0.1) is 6.92 Å². The highest BCUT2D eigenvalue weighted by Crippen LogP contribution is 2.24. The number of rotatable bonds is 3. The van der Waals surface area contributed by atoms with Gasteiger partial charge in [-0.3, -0.25) is 9.78 Å². The van der Waals surface area contributed by atoms with Gasteiger partial charge in [-0.1, -0.05) is 0 Å². The molecule has 1 amide bonds. The number of fused-ring (bicyclic) bond motifs is 1. The minimum Gasteiger partial charge on any atom is -0.469 e. The fourth-order valence-electron chi connectivity index (χ4n) is 3.00. The topological polar surface area (TPSA) is 49.6 Å². The lowest BCUT2D eigenvalue weighted by Gasteiger charge is -2.30. The van der Waals surface area contributed by atoms with Crippen molar-refractivity contribution in [2.45, 2.75) is 26.4 Å². The maximum absolute atomic E-state index is 12.6. The molecule has 22 heavy (non-hydrogen) atoms. The van der Waals surface area contributed by atoms with E-state index in [1.54, 1.807) is 12.3 Å². The first kappa shape index (κ1) is 14.8. The Morgan fingerprint density at radius 2 is 2.23 bits per heavy atom. The number of hydrogen-bond donors (Lipinski definition) is 0. The molecule has 1 aliphatic rings. The number of carbonyl (C=O) groups is 1. The van der Waals surface area contributed by atoms with Crippen molar-refractivity contribution in [3.8, 4) is 0 Å². The number of aryl methyl sites for hydroxylation is 1. The summed E-state index contributed by atoms with van der Waals surface area (Å²) in [5, 5.41) is 0. The van der Waals surface area contributed by atoms with E-state index in [9.17, 15) is 4.79 Å². The average Bonchev–Trinajstić information content (AvgIpc) is 2.92. The van der Waals surface area contributed by atoms with Crippen LogP contribution in [0.1, 0.15) is 32.8 Å². The maximum Gasteiger partial charge on any atom is 0.257 e. The van der Waals surface area contributed by atoms with E-state index in [2.05, 4.69) is 24.0 Å². The quantitative estimate of drug-likeness (QED) is 0.872. The van der Waals surface area contributed by atoms with E-state index in [4.69, 9.17) is 4.42 Å². The van der Waals surface area contributed by atoms with Crippen LogP contribution in [0.3, 0.4) is 0 Å². The molecule has 3 heterocycles. The molecular weight excluding hydrogens is 278 g/mol. The Labute approximate surface area is 130 Å². The van der Waals surface area contributed by atoms with Gasteiger partial charge in [0.2, 0.25) is 0 Å². The lowest BCUT2D eigenvalue weighted by atomic mass is 9.96. The molecule has 0 aromatic carbocycles. The summed E-state index contributed by atoms with van der Waals surface area (Å²) in [6.07, 6.45) is 6.27. The Hall–Kier alpha value is -2.14. The van der Waals surface area contributed by atoms with E-state index < -0.39 is 0 Å². The first-order chi connectivity index (χ1) is 10.6. The predicted octanol–water partition coefficient (Wildman–Crippen LogP) is 2.24. The van der Waals surface area contributed by atoms with Gasteiger partial charge < -0.3 is 14.2 Å². The van der Waals surface area contributed by atoms with E-state index >= 15 is 0 Å². The summed E-state index contributed by atoms with van der Waals surface area (Å²) in [6.45, 7) is 4.06. The highest BCUT2D eigenvalue weighted by atomic mass is 16.3. The lowest BCUT2D eigenvalue weighted by molar-refractivity contribution is 0.0732. The Morgan fingerprint density at radius 1 is 1.41 bits per heavy atom. The van der Waals surface area contributed by atoms with Gasteiger partial charge >= 0.3 is 0 Å². The molecule has 0 spiro atoms. The van der Waals surface area contributed by atoms with Crippen LogP contribution in [0.25, 0.3) is 0 Å². The summed E-state index contributed by atoms with van der Waals surface area (Å²) in [6, 6.07) is 1.74. The second-order valence-corrected chi connectivity index (χ2v) is 6.04. The summed E-state index contributed by atoms with van der Waals surface area (Å²) in [4.78, 5) is 21.0. The number of hydrogen-bond acceptors (Lipinski definition) is 4. The standard InChI is InChI=1S/C17H21N3O2/c1-12-15(5-7-22-12)17(21)20-6-4-16-13(10-19(2)3)8-18-9-14(16)11-20/h5,7-9H,4,6,10-11H2,1-3H3. The van der Waals surface area contributed by atoms with Crippen molar-refractivity contribution in [3.63, 3.8) is 0 Å². The summed E-state index contributed by atoms with van der Waals surface area (Å²) in [5.74, 6) is 0.713. The molecule has 0 saturated carbocycles. The van der Waals surface area contributed by atoms with Gasteiger partial charge in [-0.05, 0) is 50.2 Å². The molecule has 3 rings (SSSR count). The molecule has 0 fully saturated rings. The van der Waals surface area contributed by atoms with Crippen LogP contribution in [0.4, 0.5) is 0 Å². The third kappa shape index (κ3) is 2.76. The molecule has 0 radical (unpaired) electrons. The monoisotopic (exact) mass is 299 g/mol. The molecule has 0 unspecified atom stereocenters. The van der Waals surface area contributed by atoms with Crippen LogP contribution in [-0.2, 0) is 19.5 Å². The van der Waals surface area contributed by atoms with Gasteiger partial charge in [0, 0.05) is 32.0 Å². The van der Waals surface area contributed by atoms with E-state index in [1.165, 1.54) is 11.1 Å².